The van der Waals surface area contributed by atoms with E-state index >= 15 is 0 Å². The highest BCUT2D eigenvalue weighted by atomic mass is 32.1. The van der Waals surface area contributed by atoms with E-state index in [1.54, 1.807) is 0 Å². The Morgan fingerprint density at radius 1 is 1.06 bits per heavy atom. The van der Waals surface area contributed by atoms with Gasteiger partial charge in [-0.2, -0.15) is 12.6 Å². The van der Waals surface area contributed by atoms with Crippen LogP contribution in [0.2, 0.25) is 0 Å². The minimum atomic E-state index is 1.02. The van der Waals surface area contributed by atoms with Gasteiger partial charge in [-0.25, -0.2) is 0 Å². The Morgan fingerprint density at radius 3 is 2.65 bits per heavy atom. The van der Waals surface area contributed by atoms with E-state index in [0.717, 1.165) is 11.7 Å². The molecular formula is C15H31NS. The minimum Gasteiger partial charge on any atom is -0.303 e. The Balaban J connectivity index is 2.05. The van der Waals surface area contributed by atoms with Crippen molar-refractivity contribution < 1.29 is 0 Å². The lowest BCUT2D eigenvalue weighted by atomic mass is 9.96. The fourth-order valence-corrected chi connectivity index (χ4v) is 3.17. The van der Waals surface area contributed by atoms with Crippen molar-refractivity contribution in [2.24, 2.45) is 5.92 Å². The molecule has 1 nitrogen and oxygen atoms in total. The number of nitrogens with zero attached hydrogens (tertiary/aromatic N) is 1. The van der Waals surface area contributed by atoms with E-state index < -0.39 is 0 Å². The SMILES string of the molecule is CCCC1CCCN(CCCCCCS)CC1. The molecule has 0 saturated carbocycles. The molecular weight excluding hydrogens is 226 g/mol. The second-order valence-corrected chi connectivity index (χ2v) is 6.01. The standard InChI is InChI=1S/C15H31NS/c1-2-8-15-9-7-12-16(13-10-15)11-5-3-4-6-14-17/h15,17H,2-14H2,1H3. The van der Waals surface area contributed by atoms with Crippen LogP contribution in [0.25, 0.3) is 0 Å². The van der Waals surface area contributed by atoms with Gasteiger partial charge >= 0.3 is 0 Å². The van der Waals surface area contributed by atoms with E-state index in [4.69, 9.17) is 0 Å². The van der Waals surface area contributed by atoms with E-state index in [1.807, 2.05) is 0 Å². The van der Waals surface area contributed by atoms with Crippen LogP contribution in [0.15, 0.2) is 0 Å². The highest BCUT2D eigenvalue weighted by molar-refractivity contribution is 7.80. The van der Waals surface area contributed by atoms with Crippen LogP contribution in [0, 0.1) is 5.92 Å². The molecule has 1 unspecified atom stereocenters. The van der Waals surface area contributed by atoms with E-state index in [0.29, 0.717) is 0 Å². The molecule has 1 heterocycles. The van der Waals surface area contributed by atoms with Gasteiger partial charge in [0, 0.05) is 0 Å². The van der Waals surface area contributed by atoms with Crippen molar-refractivity contribution in [1.82, 2.24) is 4.90 Å². The largest absolute Gasteiger partial charge is 0.303 e. The molecule has 0 radical (unpaired) electrons. The number of hydrogen-bond acceptors (Lipinski definition) is 2. The molecule has 1 saturated heterocycles. The quantitative estimate of drug-likeness (QED) is 0.499. The molecule has 0 amide bonds. The molecule has 1 rings (SSSR count). The van der Waals surface area contributed by atoms with Crippen LogP contribution < -0.4 is 0 Å². The molecule has 0 aromatic heterocycles. The van der Waals surface area contributed by atoms with Crippen LogP contribution in [0.5, 0.6) is 0 Å². The zero-order valence-corrected chi connectivity index (χ0v) is 12.6. The normalized spacial score (nSPS) is 22.6. The Bertz CT molecular complexity index is 172. The molecule has 17 heavy (non-hydrogen) atoms. The van der Waals surface area contributed by atoms with Gasteiger partial charge in [0.05, 0.1) is 0 Å². The summed E-state index contributed by atoms with van der Waals surface area (Å²) in [5, 5.41) is 0. The fraction of sp³-hybridized carbons (Fsp3) is 1.00. The zero-order chi connectivity index (χ0) is 12.3. The first-order valence-electron chi connectivity index (χ1n) is 7.70. The van der Waals surface area contributed by atoms with Crippen molar-refractivity contribution in [3.8, 4) is 0 Å². The second-order valence-electron chi connectivity index (χ2n) is 5.57. The summed E-state index contributed by atoms with van der Waals surface area (Å²) in [5.41, 5.74) is 0. The van der Waals surface area contributed by atoms with Crippen LogP contribution in [0.1, 0.15) is 64.7 Å². The van der Waals surface area contributed by atoms with Crippen molar-refractivity contribution in [2.75, 3.05) is 25.4 Å². The molecule has 0 aliphatic carbocycles. The molecule has 0 N–H and O–H groups in total. The maximum absolute atomic E-state index is 4.26. The van der Waals surface area contributed by atoms with Gasteiger partial charge in [-0.3, -0.25) is 0 Å². The number of unbranched alkanes of at least 4 members (excludes halogenated alkanes) is 3. The summed E-state index contributed by atoms with van der Waals surface area (Å²) in [5.74, 6) is 2.08. The lowest BCUT2D eigenvalue weighted by Crippen LogP contribution is -2.26. The molecule has 102 valence electrons. The average Bonchev–Trinajstić information content (AvgIpc) is 2.55. The molecule has 2 heteroatoms. The van der Waals surface area contributed by atoms with Crippen LogP contribution >= 0.6 is 12.6 Å². The third kappa shape index (κ3) is 7.35. The molecule has 0 spiro atoms. The zero-order valence-electron chi connectivity index (χ0n) is 11.7. The average molecular weight is 257 g/mol. The van der Waals surface area contributed by atoms with Gasteiger partial charge in [0.25, 0.3) is 0 Å². The van der Waals surface area contributed by atoms with Crippen molar-refractivity contribution in [2.45, 2.75) is 64.7 Å². The van der Waals surface area contributed by atoms with Crippen molar-refractivity contribution in [3.63, 3.8) is 0 Å². The predicted molar refractivity (Wildman–Crippen MR) is 81.0 cm³/mol. The van der Waals surface area contributed by atoms with Crippen molar-refractivity contribution >= 4 is 12.6 Å². The Kier molecular flexibility index (Phi) is 9.27. The first kappa shape index (κ1) is 15.4. The van der Waals surface area contributed by atoms with Gasteiger partial charge in [0.1, 0.15) is 0 Å². The van der Waals surface area contributed by atoms with E-state index in [2.05, 4.69) is 24.5 Å². The summed E-state index contributed by atoms with van der Waals surface area (Å²) in [7, 11) is 0. The monoisotopic (exact) mass is 257 g/mol. The molecule has 1 aliphatic heterocycles. The van der Waals surface area contributed by atoms with Crippen LogP contribution in [-0.2, 0) is 0 Å². The van der Waals surface area contributed by atoms with Crippen LogP contribution in [0.3, 0.4) is 0 Å². The molecule has 0 aromatic rings. The van der Waals surface area contributed by atoms with Gasteiger partial charge < -0.3 is 4.90 Å². The molecule has 1 atom stereocenters. The number of likely N-dealkylation sites (tertiary alicyclic amines) is 1. The minimum absolute atomic E-state index is 1.02. The lowest BCUT2D eigenvalue weighted by molar-refractivity contribution is 0.272. The van der Waals surface area contributed by atoms with Gasteiger partial charge in [-0.15, -0.1) is 0 Å². The van der Waals surface area contributed by atoms with Crippen molar-refractivity contribution in [3.05, 3.63) is 0 Å². The summed E-state index contributed by atoms with van der Waals surface area (Å²) in [6, 6.07) is 0. The van der Waals surface area contributed by atoms with Gasteiger partial charge in [0.15, 0.2) is 0 Å². The first-order chi connectivity index (χ1) is 8.36. The Morgan fingerprint density at radius 2 is 1.88 bits per heavy atom. The molecule has 0 bridgehead atoms. The predicted octanol–water partition coefficient (Wildman–Crippen LogP) is 4.38. The maximum atomic E-state index is 4.26. The summed E-state index contributed by atoms with van der Waals surface area (Å²) in [6.45, 7) is 6.37. The van der Waals surface area contributed by atoms with Gasteiger partial charge in [-0.05, 0) is 63.4 Å². The van der Waals surface area contributed by atoms with Crippen LogP contribution in [0.4, 0.5) is 0 Å². The summed E-state index contributed by atoms with van der Waals surface area (Å²) in [6.07, 6.45) is 12.6. The van der Waals surface area contributed by atoms with E-state index in [1.165, 1.54) is 77.4 Å². The fourth-order valence-electron chi connectivity index (χ4n) is 2.95. The van der Waals surface area contributed by atoms with E-state index in [9.17, 15) is 0 Å². The third-order valence-corrected chi connectivity index (χ3v) is 4.34. The molecule has 0 aromatic carbocycles. The number of rotatable bonds is 8. The smallest absolute Gasteiger partial charge is 0.00161 e. The van der Waals surface area contributed by atoms with Gasteiger partial charge in [-0.1, -0.05) is 32.6 Å². The molecule has 1 aliphatic rings. The summed E-state index contributed by atoms with van der Waals surface area (Å²) in [4.78, 5) is 2.70. The Labute approximate surface area is 114 Å². The van der Waals surface area contributed by atoms with E-state index in [-0.39, 0.29) is 0 Å². The topological polar surface area (TPSA) is 3.24 Å². The summed E-state index contributed by atoms with van der Waals surface area (Å²) < 4.78 is 0. The van der Waals surface area contributed by atoms with Crippen LogP contribution in [-0.4, -0.2) is 30.3 Å². The number of hydrogen-bond donors (Lipinski definition) is 1. The highest BCUT2D eigenvalue weighted by Gasteiger charge is 2.15. The van der Waals surface area contributed by atoms with Crippen molar-refractivity contribution in [1.29, 1.82) is 0 Å². The second kappa shape index (κ2) is 10.3. The third-order valence-electron chi connectivity index (χ3n) is 4.02. The first-order valence-corrected chi connectivity index (χ1v) is 8.33. The highest BCUT2D eigenvalue weighted by Crippen LogP contribution is 2.22. The summed E-state index contributed by atoms with van der Waals surface area (Å²) >= 11 is 4.26. The lowest BCUT2D eigenvalue weighted by Gasteiger charge is -2.20. The maximum Gasteiger partial charge on any atom is -0.00161 e. The Hall–Kier alpha value is 0.310. The number of thiol groups is 1. The molecule has 1 fully saturated rings. The van der Waals surface area contributed by atoms with Gasteiger partial charge in [0.2, 0.25) is 0 Å².